The molecule has 0 radical (unpaired) electrons. The summed E-state index contributed by atoms with van der Waals surface area (Å²) >= 11 is 0. The normalized spacial score (nSPS) is 40.1. The summed E-state index contributed by atoms with van der Waals surface area (Å²) in [6, 6.07) is 0. The van der Waals surface area contributed by atoms with Gasteiger partial charge in [-0.3, -0.25) is 4.79 Å². The molecule has 0 aromatic heterocycles. The third-order valence-corrected chi connectivity index (χ3v) is 4.15. The van der Waals surface area contributed by atoms with Gasteiger partial charge in [0.15, 0.2) is 0 Å². The molecule has 2 N–H and O–H groups in total. The summed E-state index contributed by atoms with van der Waals surface area (Å²) in [5, 5.41) is 0. The number of fused-ring (bicyclic) bond motifs is 1. The Morgan fingerprint density at radius 3 is 2.36 bits per heavy atom. The predicted octanol–water partition coefficient (Wildman–Crippen LogP) is 1.31. The van der Waals surface area contributed by atoms with Crippen LogP contribution in [0.1, 0.15) is 32.1 Å². The third kappa shape index (κ3) is 1.54. The van der Waals surface area contributed by atoms with Crippen LogP contribution in [0.4, 0.5) is 0 Å². The van der Waals surface area contributed by atoms with Gasteiger partial charge in [-0.2, -0.15) is 0 Å². The van der Waals surface area contributed by atoms with E-state index < -0.39 is 0 Å². The number of carbonyl (C=O) groups excluding carboxylic acids is 1. The Balaban J connectivity index is 2.00. The molecule has 2 atom stereocenters. The molecule has 0 heterocycles. The standard InChI is InChI=1S/C11H19NO2/c1-14-10(13)6-11(7-12)4-8-2-3-9(8)5-11/h8-9H,2-7,12H2,1H3. The Bertz CT molecular complexity index is 227. The van der Waals surface area contributed by atoms with Crippen LogP contribution < -0.4 is 5.73 Å². The van der Waals surface area contributed by atoms with Crippen molar-refractivity contribution in [1.29, 1.82) is 0 Å². The van der Waals surface area contributed by atoms with Crippen LogP contribution >= 0.6 is 0 Å². The maximum Gasteiger partial charge on any atom is 0.306 e. The van der Waals surface area contributed by atoms with E-state index in [-0.39, 0.29) is 11.4 Å². The fourth-order valence-corrected chi connectivity index (χ4v) is 3.13. The van der Waals surface area contributed by atoms with Crippen molar-refractivity contribution in [1.82, 2.24) is 0 Å². The zero-order valence-electron chi connectivity index (χ0n) is 8.79. The van der Waals surface area contributed by atoms with Gasteiger partial charge in [-0.15, -0.1) is 0 Å². The molecule has 14 heavy (non-hydrogen) atoms. The molecule has 0 aromatic carbocycles. The molecule has 0 saturated heterocycles. The monoisotopic (exact) mass is 197 g/mol. The maximum atomic E-state index is 11.3. The molecule has 3 heteroatoms. The highest BCUT2D eigenvalue weighted by Gasteiger charge is 2.49. The van der Waals surface area contributed by atoms with E-state index in [9.17, 15) is 4.79 Å². The Hall–Kier alpha value is -0.570. The smallest absolute Gasteiger partial charge is 0.306 e. The van der Waals surface area contributed by atoms with Gasteiger partial charge >= 0.3 is 5.97 Å². The highest BCUT2D eigenvalue weighted by molar-refractivity contribution is 5.70. The summed E-state index contributed by atoms with van der Waals surface area (Å²) in [5.74, 6) is 1.60. The lowest BCUT2D eigenvalue weighted by molar-refractivity contribution is -0.143. The van der Waals surface area contributed by atoms with Gasteiger partial charge in [0.1, 0.15) is 0 Å². The molecule has 0 aromatic rings. The number of rotatable bonds is 3. The molecule has 2 aliphatic rings. The first kappa shape index (κ1) is 9.97. The van der Waals surface area contributed by atoms with Crippen molar-refractivity contribution in [3.8, 4) is 0 Å². The quantitative estimate of drug-likeness (QED) is 0.694. The van der Waals surface area contributed by atoms with E-state index >= 15 is 0 Å². The number of hydrogen-bond acceptors (Lipinski definition) is 3. The average molecular weight is 197 g/mol. The van der Waals surface area contributed by atoms with Crippen LogP contribution in [0.15, 0.2) is 0 Å². The molecule has 80 valence electrons. The molecule has 0 bridgehead atoms. The summed E-state index contributed by atoms with van der Waals surface area (Å²) in [5.41, 5.74) is 5.88. The van der Waals surface area contributed by atoms with Gasteiger partial charge in [-0.25, -0.2) is 0 Å². The number of carbonyl (C=O) groups is 1. The predicted molar refractivity (Wildman–Crippen MR) is 53.6 cm³/mol. The summed E-state index contributed by atoms with van der Waals surface area (Å²) < 4.78 is 4.74. The molecular formula is C11H19NO2. The van der Waals surface area contributed by atoms with Crippen LogP contribution in [0.2, 0.25) is 0 Å². The summed E-state index contributed by atoms with van der Waals surface area (Å²) in [7, 11) is 1.45. The Morgan fingerprint density at radius 1 is 1.43 bits per heavy atom. The molecule has 2 aliphatic carbocycles. The van der Waals surface area contributed by atoms with Gasteiger partial charge in [0, 0.05) is 0 Å². The lowest BCUT2D eigenvalue weighted by Crippen LogP contribution is -2.31. The fourth-order valence-electron chi connectivity index (χ4n) is 3.13. The van der Waals surface area contributed by atoms with E-state index in [0.29, 0.717) is 13.0 Å². The SMILES string of the molecule is COC(=O)CC1(CN)CC2CCC2C1. The number of methoxy groups -OCH3 is 1. The number of ether oxygens (including phenoxy) is 1. The van der Waals surface area contributed by atoms with Gasteiger partial charge in [-0.1, -0.05) is 0 Å². The summed E-state index contributed by atoms with van der Waals surface area (Å²) in [4.78, 5) is 11.3. The molecule has 2 saturated carbocycles. The molecule has 0 amide bonds. The zero-order chi connectivity index (χ0) is 10.2. The van der Waals surface area contributed by atoms with E-state index in [1.807, 2.05) is 0 Å². The second-order valence-electron chi connectivity index (χ2n) is 4.96. The average Bonchev–Trinajstić information content (AvgIpc) is 2.42. The second kappa shape index (κ2) is 3.54. The first-order valence-electron chi connectivity index (χ1n) is 5.46. The minimum absolute atomic E-state index is 0.0684. The van der Waals surface area contributed by atoms with Gasteiger partial charge in [0.05, 0.1) is 13.5 Å². The van der Waals surface area contributed by atoms with Crippen molar-refractivity contribution >= 4 is 5.97 Å². The Kier molecular flexibility index (Phi) is 2.52. The first-order chi connectivity index (χ1) is 6.69. The lowest BCUT2D eigenvalue weighted by atomic mass is 9.77. The molecular weight excluding hydrogens is 178 g/mol. The van der Waals surface area contributed by atoms with Gasteiger partial charge in [-0.05, 0) is 49.5 Å². The lowest BCUT2D eigenvalue weighted by Gasteiger charge is -2.29. The highest BCUT2D eigenvalue weighted by atomic mass is 16.5. The van der Waals surface area contributed by atoms with E-state index in [2.05, 4.69) is 0 Å². The summed E-state index contributed by atoms with van der Waals surface area (Å²) in [6.45, 7) is 0.634. The van der Waals surface area contributed by atoms with Crippen LogP contribution in [0, 0.1) is 17.3 Å². The molecule has 3 nitrogen and oxygen atoms in total. The van der Waals surface area contributed by atoms with Gasteiger partial charge in [0.25, 0.3) is 0 Å². The minimum atomic E-state index is -0.100. The van der Waals surface area contributed by atoms with E-state index in [1.165, 1.54) is 20.0 Å². The Labute approximate surface area is 85.0 Å². The Morgan fingerprint density at radius 2 is 2.00 bits per heavy atom. The van der Waals surface area contributed by atoms with Crippen molar-refractivity contribution in [2.75, 3.05) is 13.7 Å². The molecule has 2 rings (SSSR count). The van der Waals surface area contributed by atoms with Crippen molar-refractivity contribution in [3.63, 3.8) is 0 Å². The number of nitrogens with two attached hydrogens (primary N) is 1. The van der Waals surface area contributed by atoms with Gasteiger partial charge in [0.2, 0.25) is 0 Å². The van der Waals surface area contributed by atoms with Crippen molar-refractivity contribution in [2.24, 2.45) is 23.0 Å². The van der Waals surface area contributed by atoms with E-state index in [4.69, 9.17) is 10.5 Å². The molecule has 2 unspecified atom stereocenters. The third-order valence-electron chi connectivity index (χ3n) is 4.15. The van der Waals surface area contributed by atoms with Crippen LogP contribution in [0.5, 0.6) is 0 Å². The van der Waals surface area contributed by atoms with Crippen molar-refractivity contribution in [3.05, 3.63) is 0 Å². The fraction of sp³-hybridized carbons (Fsp3) is 0.909. The first-order valence-corrected chi connectivity index (χ1v) is 5.46. The molecule has 0 spiro atoms. The summed E-state index contributed by atoms with van der Waals surface area (Å²) in [6.07, 6.45) is 5.49. The van der Waals surface area contributed by atoms with Crippen LogP contribution in [0.25, 0.3) is 0 Å². The number of esters is 1. The van der Waals surface area contributed by atoms with Crippen molar-refractivity contribution < 1.29 is 9.53 Å². The minimum Gasteiger partial charge on any atom is -0.469 e. The topological polar surface area (TPSA) is 52.3 Å². The highest BCUT2D eigenvalue weighted by Crippen LogP contribution is 2.56. The van der Waals surface area contributed by atoms with Crippen molar-refractivity contribution in [2.45, 2.75) is 32.1 Å². The van der Waals surface area contributed by atoms with E-state index in [0.717, 1.165) is 24.7 Å². The number of hydrogen-bond donors (Lipinski definition) is 1. The maximum absolute atomic E-state index is 11.3. The van der Waals surface area contributed by atoms with Crippen LogP contribution in [-0.2, 0) is 9.53 Å². The molecule has 2 fully saturated rings. The largest absolute Gasteiger partial charge is 0.469 e. The van der Waals surface area contributed by atoms with Crippen LogP contribution in [-0.4, -0.2) is 19.6 Å². The van der Waals surface area contributed by atoms with Crippen LogP contribution in [0.3, 0.4) is 0 Å². The van der Waals surface area contributed by atoms with E-state index in [1.54, 1.807) is 0 Å². The molecule has 0 aliphatic heterocycles. The zero-order valence-corrected chi connectivity index (χ0v) is 8.79. The second-order valence-corrected chi connectivity index (χ2v) is 4.96. The van der Waals surface area contributed by atoms with Gasteiger partial charge < -0.3 is 10.5 Å².